The van der Waals surface area contributed by atoms with E-state index in [1.165, 1.54) is 25.1 Å². The van der Waals surface area contributed by atoms with Crippen LogP contribution in [0.15, 0.2) is 5.38 Å². The Morgan fingerprint density at radius 1 is 1.69 bits per heavy atom. The summed E-state index contributed by atoms with van der Waals surface area (Å²) in [4.78, 5) is 6.97. The van der Waals surface area contributed by atoms with Crippen molar-refractivity contribution in [3.8, 4) is 0 Å². The summed E-state index contributed by atoms with van der Waals surface area (Å²) < 4.78 is 0. The van der Waals surface area contributed by atoms with E-state index in [2.05, 4.69) is 41.5 Å². The highest BCUT2D eigenvalue weighted by atomic mass is 32.1. The van der Waals surface area contributed by atoms with Crippen molar-refractivity contribution < 1.29 is 0 Å². The van der Waals surface area contributed by atoms with Crippen LogP contribution in [-0.2, 0) is 0 Å². The maximum atomic E-state index is 4.52. The van der Waals surface area contributed by atoms with E-state index in [1.807, 2.05) is 0 Å². The highest BCUT2D eigenvalue weighted by molar-refractivity contribution is 7.09. The molecule has 1 aromatic heterocycles. The minimum Gasteiger partial charge on any atom is -0.307 e. The standard InChI is InChI=1S/C12H21N3S/c1-9(12-8-16-10(2)14-12)13-7-11-5-4-6-15(11)3/h8-9,11,13H,4-7H2,1-3H3. The summed E-state index contributed by atoms with van der Waals surface area (Å²) in [5, 5.41) is 6.90. The quantitative estimate of drug-likeness (QED) is 0.873. The molecule has 90 valence electrons. The van der Waals surface area contributed by atoms with Crippen LogP contribution >= 0.6 is 11.3 Å². The van der Waals surface area contributed by atoms with Crippen molar-refractivity contribution in [2.45, 2.75) is 38.8 Å². The second kappa shape index (κ2) is 5.25. The Morgan fingerprint density at radius 3 is 3.06 bits per heavy atom. The summed E-state index contributed by atoms with van der Waals surface area (Å²) >= 11 is 1.73. The third-order valence-corrected chi connectivity index (χ3v) is 4.20. The minimum atomic E-state index is 0.374. The van der Waals surface area contributed by atoms with Gasteiger partial charge in [0.05, 0.1) is 10.7 Å². The number of rotatable bonds is 4. The van der Waals surface area contributed by atoms with Crippen LogP contribution in [0.2, 0.25) is 0 Å². The van der Waals surface area contributed by atoms with Crippen LogP contribution in [0, 0.1) is 6.92 Å². The lowest BCUT2D eigenvalue weighted by atomic mass is 10.2. The van der Waals surface area contributed by atoms with E-state index >= 15 is 0 Å². The Labute approximate surface area is 102 Å². The van der Waals surface area contributed by atoms with E-state index in [4.69, 9.17) is 0 Å². The van der Waals surface area contributed by atoms with E-state index in [0.29, 0.717) is 12.1 Å². The Kier molecular flexibility index (Phi) is 3.95. The molecule has 1 aliphatic heterocycles. The summed E-state index contributed by atoms with van der Waals surface area (Å²) in [6, 6.07) is 1.08. The maximum Gasteiger partial charge on any atom is 0.0898 e. The largest absolute Gasteiger partial charge is 0.307 e. The molecular weight excluding hydrogens is 218 g/mol. The van der Waals surface area contributed by atoms with Gasteiger partial charge in [-0.2, -0.15) is 0 Å². The van der Waals surface area contributed by atoms with Crippen LogP contribution in [0.25, 0.3) is 0 Å². The number of hydrogen-bond donors (Lipinski definition) is 1. The Hall–Kier alpha value is -0.450. The molecule has 0 radical (unpaired) electrons. The normalized spacial score (nSPS) is 23.8. The molecule has 1 N–H and O–H groups in total. The number of nitrogens with one attached hydrogen (secondary N) is 1. The SMILES string of the molecule is Cc1nc(C(C)NCC2CCCN2C)cs1. The van der Waals surface area contributed by atoms with E-state index in [-0.39, 0.29) is 0 Å². The van der Waals surface area contributed by atoms with Crippen molar-refractivity contribution in [1.29, 1.82) is 0 Å². The van der Waals surface area contributed by atoms with Gasteiger partial charge in [-0.15, -0.1) is 11.3 Å². The topological polar surface area (TPSA) is 28.2 Å². The summed E-state index contributed by atoms with van der Waals surface area (Å²) in [5.74, 6) is 0. The van der Waals surface area contributed by atoms with E-state index < -0.39 is 0 Å². The molecule has 1 aromatic rings. The average molecular weight is 239 g/mol. The van der Waals surface area contributed by atoms with Crippen LogP contribution in [0.5, 0.6) is 0 Å². The fourth-order valence-electron chi connectivity index (χ4n) is 2.23. The third-order valence-electron chi connectivity index (χ3n) is 3.41. The molecule has 1 aliphatic rings. The molecule has 0 saturated carbocycles. The zero-order chi connectivity index (χ0) is 11.5. The molecule has 0 spiro atoms. The lowest BCUT2D eigenvalue weighted by Crippen LogP contribution is -2.36. The van der Waals surface area contributed by atoms with Crippen molar-refractivity contribution in [2.24, 2.45) is 0 Å². The second-order valence-electron chi connectivity index (χ2n) is 4.70. The first-order valence-electron chi connectivity index (χ1n) is 6.02. The number of aryl methyl sites for hydroxylation is 1. The van der Waals surface area contributed by atoms with Crippen molar-refractivity contribution in [1.82, 2.24) is 15.2 Å². The van der Waals surface area contributed by atoms with Crippen LogP contribution < -0.4 is 5.32 Å². The Morgan fingerprint density at radius 2 is 2.50 bits per heavy atom. The van der Waals surface area contributed by atoms with Crippen molar-refractivity contribution in [3.63, 3.8) is 0 Å². The van der Waals surface area contributed by atoms with Gasteiger partial charge in [-0.25, -0.2) is 4.98 Å². The molecule has 3 nitrogen and oxygen atoms in total. The van der Waals surface area contributed by atoms with Gasteiger partial charge in [-0.05, 0) is 40.3 Å². The summed E-state index contributed by atoms with van der Waals surface area (Å²) in [5.41, 5.74) is 1.18. The first-order valence-corrected chi connectivity index (χ1v) is 6.90. The van der Waals surface area contributed by atoms with Gasteiger partial charge in [0.2, 0.25) is 0 Å². The van der Waals surface area contributed by atoms with E-state index in [9.17, 15) is 0 Å². The van der Waals surface area contributed by atoms with Gasteiger partial charge in [0, 0.05) is 24.0 Å². The molecule has 1 fully saturated rings. The number of thiazole rings is 1. The number of nitrogens with zero attached hydrogens (tertiary/aromatic N) is 2. The van der Waals surface area contributed by atoms with Crippen molar-refractivity contribution in [3.05, 3.63) is 16.1 Å². The highest BCUT2D eigenvalue weighted by Crippen LogP contribution is 2.18. The summed E-state index contributed by atoms with van der Waals surface area (Å²) in [6.07, 6.45) is 2.67. The van der Waals surface area contributed by atoms with Crippen LogP contribution in [0.4, 0.5) is 0 Å². The van der Waals surface area contributed by atoms with Gasteiger partial charge in [-0.1, -0.05) is 0 Å². The summed E-state index contributed by atoms with van der Waals surface area (Å²) in [7, 11) is 2.22. The predicted octanol–water partition coefficient (Wildman–Crippen LogP) is 2.20. The molecule has 2 atom stereocenters. The molecule has 0 bridgehead atoms. The van der Waals surface area contributed by atoms with E-state index in [0.717, 1.165) is 11.6 Å². The first kappa shape index (κ1) is 12.0. The molecule has 2 rings (SSSR count). The van der Waals surface area contributed by atoms with Gasteiger partial charge >= 0.3 is 0 Å². The molecule has 4 heteroatoms. The molecular formula is C12H21N3S. The number of likely N-dealkylation sites (N-methyl/N-ethyl adjacent to an activating group) is 1. The van der Waals surface area contributed by atoms with Gasteiger partial charge in [0.15, 0.2) is 0 Å². The fraction of sp³-hybridized carbons (Fsp3) is 0.750. The van der Waals surface area contributed by atoms with Gasteiger partial charge in [-0.3, -0.25) is 0 Å². The zero-order valence-corrected chi connectivity index (χ0v) is 11.2. The molecule has 16 heavy (non-hydrogen) atoms. The third kappa shape index (κ3) is 2.81. The number of likely N-dealkylation sites (tertiary alicyclic amines) is 1. The van der Waals surface area contributed by atoms with Crippen LogP contribution in [0.1, 0.15) is 36.5 Å². The Balaban J connectivity index is 1.81. The maximum absolute atomic E-state index is 4.52. The molecule has 0 aliphatic carbocycles. The number of hydrogen-bond acceptors (Lipinski definition) is 4. The molecule has 2 unspecified atom stereocenters. The zero-order valence-electron chi connectivity index (χ0n) is 10.4. The minimum absolute atomic E-state index is 0.374. The van der Waals surface area contributed by atoms with Gasteiger partial charge < -0.3 is 10.2 Å². The molecule has 2 heterocycles. The molecule has 1 saturated heterocycles. The lowest BCUT2D eigenvalue weighted by Gasteiger charge is -2.21. The predicted molar refractivity (Wildman–Crippen MR) is 68.9 cm³/mol. The Bertz CT molecular complexity index is 337. The monoisotopic (exact) mass is 239 g/mol. The molecule has 0 amide bonds. The van der Waals surface area contributed by atoms with Crippen molar-refractivity contribution in [2.75, 3.05) is 20.1 Å². The highest BCUT2D eigenvalue weighted by Gasteiger charge is 2.21. The van der Waals surface area contributed by atoms with Crippen LogP contribution in [-0.4, -0.2) is 36.1 Å². The van der Waals surface area contributed by atoms with Gasteiger partial charge in [0.25, 0.3) is 0 Å². The van der Waals surface area contributed by atoms with Crippen molar-refractivity contribution >= 4 is 11.3 Å². The van der Waals surface area contributed by atoms with Gasteiger partial charge in [0.1, 0.15) is 0 Å². The summed E-state index contributed by atoms with van der Waals surface area (Å²) in [6.45, 7) is 6.58. The number of aromatic nitrogens is 1. The average Bonchev–Trinajstić information content (AvgIpc) is 2.84. The fourth-order valence-corrected chi connectivity index (χ4v) is 2.94. The lowest BCUT2D eigenvalue weighted by molar-refractivity contribution is 0.293. The van der Waals surface area contributed by atoms with Crippen LogP contribution in [0.3, 0.4) is 0 Å². The second-order valence-corrected chi connectivity index (χ2v) is 5.76. The first-order chi connectivity index (χ1) is 7.66. The van der Waals surface area contributed by atoms with E-state index in [1.54, 1.807) is 11.3 Å². The smallest absolute Gasteiger partial charge is 0.0898 e. The molecule has 0 aromatic carbocycles.